The number of hydrogen-bond donors (Lipinski definition) is 1. The van der Waals surface area contributed by atoms with Gasteiger partial charge in [0, 0.05) is 0 Å². The lowest BCUT2D eigenvalue weighted by molar-refractivity contribution is 0.529. The summed E-state index contributed by atoms with van der Waals surface area (Å²) in [7, 11) is 0. The molecule has 0 aliphatic carbocycles. The molecule has 1 heterocycles. The van der Waals surface area contributed by atoms with Crippen LogP contribution in [0.4, 0.5) is 0 Å². The maximum Gasteiger partial charge on any atom is -0.000806 e. The van der Waals surface area contributed by atoms with Crippen LogP contribution in [0.5, 0.6) is 0 Å². The second-order valence-corrected chi connectivity index (χ2v) is 4.95. The zero-order chi connectivity index (χ0) is 10.2. The molecule has 0 aliphatic rings. The first kappa shape index (κ1) is 11.7. The normalized spacial score (nSPS) is 11.1. The van der Waals surface area contributed by atoms with Crippen molar-refractivity contribution in [3.05, 3.63) is 22.4 Å². The van der Waals surface area contributed by atoms with Gasteiger partial charge in [0.15, 0.2) is 0 Å². The van der Waals surface area contributed by atoms with Gasteiger partial charge in [-0.3, -0.25) is 0 Å². The molecule has 0 saturated carbocycles. The fraction of sp³-hybridized carbons (Fsp3) is 0.667. The molecule has 0 fully saturated rings. The lowest BCUT2D eigenvalue weighted by atomic mass is 10.1. The summed E-state index contributed by atoms with van der Waals surface area (Å²) in [5, 5.41) is 7.86. The van der Waals surface area contributed by atoms with Gasteiger partial charge >= 0.3 is 0 Å². The van der Waals surface area contributed by atoms with Crippen molar-refractivity contribution in [1.29, 1.82) is 0 Å². The van der Waals surface area contributed by atoms with E-state index in [0.29, 0.717) is 0 Å². The fourth-order valence-electron chi connectivity index (χ4n) is 1.43. The zero-order valence-corrected chi connectivity index (χ0v) is 10.1. The van der Waals surface area contributed by atoms with Gasteiger partial charge in [0.2, 0.25) is 0 Å². The third-order valence-electron chi connectivity index (χ3n) is 2.31. The molecule has 1 rings (SSSR count). The minimum absolute atomic E-state index is 0.841. The van der Waals surface area contributed by atoms with Crippen LogP contribution in [-0.4, -0.2) is 13.1 Å². The van der Waals surface area contributed by atoms with E-state index in [1.165, 1.54) is 31.4 Å². The van der Waals surface area contributed by atoms with Gasteiger partial charge in [0.05, 0.1) is 0 Å². The first-order valence-electron chi connectivity index (χ1n) is 5.51. The molecular formula is C12H21NS. The van der Waals surface area contributed by atoms with Gasteiger partial charge < -0.3 is 5.32 Å². The quantitative estimate of drug-likeness (QED) is 0.682. The van der Waals surface area contributed by atoms with Crippen molar-refractivity contribution in [3.8, 4) is 0 Å². The Bertz CT molecular complexity index is 216. The van der Waals surface area contributed by atoms with Crippen molar-refractivity contribution in [2.24, 2.45) is 5.92 Å². The molecule has 80 valence electrons. The van der Waals surface area contributed by atoms with Crippen LogP contribution in [0.3, 0.4) is 0 Å². The molecule has 1 aromatic rings. The first-order chi connectivity index (χ1) is 6.79. The van der Waals surface area contributed by atoms with E-state index >= 15 is 0 Å². The van der Waals surface area contributed by atoms with Crippen molar-refractivity contribution in [2.45, 2.75) is 33.1 Å². The Hall–Kier alpha value is -0.340. The van der Waals surface area contributed by atoms with Crippen LogP contribution < -0.4 is 5.32 Å². The summed E-state index contributed by atoms with van der Waals surface area (Å²) in [6.07, 6.45) is 3.82. The molecule has 2 heteroatoms. The minimum atomic E-state index is 0.841. The van der Waals surface area contributed by atoms with E-state index in [1.807, 2.05) is 0 Å². The predicted octanol–water partition coefficient (Wildman–Crippen LogP) is 3.32. The summed E-state index contributed by atoms with van der Waals surface area (Å²) in [6.45, 7) is 6.86. The lowest BCUT2D eigenvalue weighted by Crippen LogP contribution is -2.18. The van der Waals surface area contributed by atoms with Gasteiger partial charge in [-0.05, 0) is 60.7 Å². The molecule has 0 radical (unpaired) electrons. The summed E-state index contributed by atoms with van der Waals surface area (Å²) in [4.78, 5) is 0. The van der Waals surface area contributed by atoms with Crippen molar-refractivity contribution >= 4 is 11.3 Å². The molecule has 0 unspecified atom stereocenters. The Kier molecular flexibility index (Phi) is 5.88. The van der Waals surface area contributed by atoms with Crippen LogP contribution in [0.25, 0.3) is 0 Å². The van der Waals surface area contributed by atoms with Gasteiger partial charge in [-0.2, -0.15) is 11.3 Å². The van der Waals surface area contributed by atoms with Gasteiger partial charge in [-0.25, -0.2) is 0 Å². The smallest absolute Gasteiger partial charge is 0.000806 e. The Labute approximate surface area is 91.5 Å². The summed E-state index contributed by atoms with van der Waals surface area (Å²) >= 11 is 1.78. The average Bonchev–Trinajstić information content (AvgIpc) is 2.63. The van der Waals surface area contributed by atoms with Crippen molar-refractivity contribution in [1.82, 2.24) is 5.32 Å². The Morgan fingerprint density at radius 3 is 2.86 bits per heavy atom. The number of hydrogen-bond acceptors (Lipinski definition) is 2. The summed E-state index contributed by atoms with van der Waals surface area (Å²) in [6, 6.07) is 2.21. The third kappa shape index (κ3) is 5.40. The predicted molar refractivity (Wildman–Crippen MR) is 65.0 cm³/mol. The monoisotopic (exact) mass is 211 g/mol. The third-order valence-corrected chi connectivity index (χ3v) is 3.04. The van der Waals surface area contributed by atoms with E-state index in [-0.39, 0.29) is 0 Å². The van der Waals surface area contributed by atoms with Crippen LogP contribution >= 0.6 is 11.3 Å². The second-order valence-electron chi connectivity index (χ2n) is 4.17. The molecule has 14 heavy (non-hydrogen) atoms. The molecule has 0 atom stereocenters. The Morgan fingerprint density at radius 1 is 1.36 bits per heavy atom. The number of rotatable bonds is 7. The molecule has 1 aromatic heterocycles. The molecule has 0 aromatic carbocycles. The van der Waals surface area contributed by atoms with E-state index in [0.717, 1.165) is 12.5 Å². The largest absolute Gasteiger partial charge is 0.316 e. The van der Waals surface area contributed by atoms with E-state index in [1.54, 1.807) is 11.3 Å². The topological polar surface area (TPSA) is 12.0 Å². The fourth-order valence-corrected chi connectivity index (χ4v) is 2.13. The molecule has 1 N–H and O–H groups in total. The van der Waals surface area contributed by atoms with E-state index < -0.39 is 0 Å². The van der Waals surface area contributed by atoms with Crippen molar-refractivity contribution in [2.75, 3.05) is 13.1 Å². The maximum absolute atomic E-state index is 3.48. The standard InChI is InChI=1S/C12H21NS/c1-11(2)4-3-7-13-8-5-12-6-9-14-10-12/h6,9-11,13H,3-5,7-8H2,1-2H3. The van der Waals surface area contributed by atoms with Crippen LogP contribution in [0.15, 0.2) is 16.8 Å². The van der Waals surface area contributed by atoms with Crippen LogP contribution in [0.2, 0.25) is 0 Å². The van der Waals surface area contributed by atoms with E-state index in [2.05, 4.69) is 36.0 Å². The highest BCUT2D eigenvalue weighted by Crippen LogP contribution is 2.06. The van der Waals surface area contributed by atoms with Gasteiger partial charge in [0.25, 0.3) is 0 Å². The molecule has 0 aliphatic heterocycles. The van der Waals surface area contributed by atoms with E-state index in [9.17, 15) is 0 Å². The summed E-state index contributed by atoms with van der Waals surface area (Å²) in [5.74, 6) is 0.841. The number of thiophene rings is 1. The minimum Gasteiger partial charge on any atom is -0.316 e. The van der Waals surface area contributed by atoms with Gasteiger partial charge in [-0.1, -0.05) is 13.8 Å². The zero-order valence-electron chi connectivity index (χ0n) is 9.25. The molecule has 0 bridgehead atoms. The molecule has 0 amide bonds. The highest BCUT2D eigenvalue weighted by molar-refractivity contribution is 7.07. The maximum atomic E-state index is 3.48. The molecular weight excluding hydrogens is 190 g/mol. The first-order valence-corrected chi connectivity index (χ1v) is 6.45. The molecule has 0 spiro atoms. The highest BCUT2D eigenvalue weighted by atomic mass is 32.1. The van der Waals surface area contributed by atoms with Crippen molar-refractivity contribution in [3.63, 3.8) is 0 Å². The second kappa shape index (κ2) is 7.02. The summed E-state index contributed by atoms with van der Waals surface area (Å²) < 4.78 is 0. The Balaban J connectivity index is 1.90. The van der Waals surface area contributed by atoms with Crippen LogP contribution in [0, 0.1) is 5.92 Å². The Morgan fingerprint density at radius 2 is 2.21 bits per heavy atom. The summed E-state index contributed by atoms with van der Waals surface area (Å²) in [5.41, 5.74) is 1.46. The SMILES string of the molecule is CC(C)CCCNCCc1ccsc1. The van der Waals surface area contributed by atoms with Crippen molar-refractivity contribution < 1.29 is 0 Å². The molecule has 1 nitrogen and oxygen atoms in total. The molecule has 0 saturated heterocycles. The van der Waals surface area contributed by atoms with Crippen LogP contribution in [0.1, 0.15) is 32.3 Å². The number of nitrogens with one attached hydrogen (secondary N) is 1. The van der Waals surface area contributed by atoms with Crippen LogP contribution in [-0.2, 0) is 6.42 Å². The van der Waals surface area contributed by atoms with E-state index in [4.69, 9.17) is 0 Å². The average molecular weight is 211 g/mol. The lowest BCUT2D eigenvalue weighted by Gasteiger charge is -2.05. The highest BCUT2D eigenvalue weighted by Gasteiger charge is 1.94. The van der Waals surface area contributed by atoms with Gasteiger partial charge in [-0.15, -0.1) is 0 Å². The van der Waals surface area contributed by atoms with Gasteiger partial charge in [0.1, 0.15) is 0 Å².